The first kappa shape index (κ1) is 47.8. The summed E-state index contributed by atoms with van der Waals surface area (Å²) in [5, 5.41) is 39.9. The summed E-state index contributed by atoms with van der Waals surface area (Å²) in [5.41, 5.74) is -8.54. The Morgan fingerprint density at radius 3 is 2.19 bits per heavy atom. The summed E-state index contributed by atoms with van der Waals surface area (Å²) >= 11 is 0. The van der Waals surface area contributed by atoms with Gasteiger partial charge in [0.1, 0.15) is 29.5 Å². The van der Waals surface area contributed by atoms with E-state index in [9.17, 15) is 39.3 Å². The van der Waals surface area contributed by atoms with E-state index in [0.29, 0.717) is 13.1 Å². The van der Waals surface area contributed by atoms with E-state index in [1.807, 2.05) is 11.9 Å². The van der Waals surface area contributed by atoms with Gasteiger partial charge in [-0.1, -0.05) is 39.0 Å². The number of Topliss-reactive ketones (excluding diaryl/α,β-unsaturated/α-hetero) is 1. The fourth-order valence-corrected chi connectivity index (χ4v) is 10.3. The van der Waals surface area contributed by atoms with Crippen LogP contribution in [0.15, 0.2) is 41.5 Å². The van der Waals surface area contributed by atoms with Gasteiger partial charge in [0.25, 0.3) is 0 Å². The molecule has 2 saturated carbocycles. The van der Waals surface area contributed by atoms with Crippen molar-refractivity contribution in [2.75, 3.05) is 39.8 Å². The number of rotatable bonds is 9. The predicted octanol–water partition coefficient (Wildman–Crippen LogP) is 2.69. The van der Waals surface area contributed by atoms with E-state index in [1.165, 1.54) is 24.0 Å². The van der Waals surface area contributed by atoms with E-state index in [2.05, 4.69) is 5.32 Å². The molecular weight excluding hydrogens is 823 g/mol. The first-order chi connectivity index (χ1) is 29.3. The number of likely N-dealkylation sites (N-methyl/N-ethyl adjacent to an activating group) is 1. The zero-order valence-corrected chi connectivity index (χ0v) is 37.8. The van der Waals surface area contributed by atoms with Gasteiger partial charge >= 0.3 is 30.1 Å². The fourth-order valence-electron chi connectivity index (χ4n) is 10.3. The molecule has 2 bridgehead atoms. The molecule has 2 aliphatic heterocycles. The van der Waals surface area contributed by atoms with Gasteiger partial charge in [0, 0.05) is 51.4 Å². The number of esters is 3. The molecule has 2 amide bonds. The Bertz CT molecular complexity index is 1990. The molecule has 4 fully saturated rings. The van der Waals surface area contributed by atoms with Gasteiger partial charge < -0.3 is 58.9 Å². The van der Waals surface area contributed by atoms with Crippen LogP contribution < -0.4 is 5.32 Å². The number of hydrogen-bond acceptors (Lipinski definition) is 16. The highest BCUT2D eigenvalue weighted by Gasteiger charge is 2.78. The minimum Gasteiger partial charge on any atom is -0.456 e. The van der Waals surface area contributed by atoms with Crippen molar-refractivity contribution >= 4 is 35.9 Å². The van der Waals surface area contributed by atoms with Crippen LogP contribution in [0.2, 0.25) is 0 Å². The van der Waals surface area contributed by atoms with Gasteiger partial charge in [0.2, 0.25) is 0 Å². The summed E-state index contributed by atoms with van der Waals surface area (Å²) in [6.45, 7) is 15.1. The molecule has 0 radical (unpaired) electrons. The number of ether oxygens (including phenoxy) is 6. The van der Waals surface area contributed by atoms with Crippen LogP contribution in [0.25, 0.3) is 0 Å². The van der Waals surface area contributed by atoms with Crippen LogP contribution in [0.5, 0.6) is 0 Å². The second-order valence-corrected chi connectivity index (χ2v) is 19.4. The fraction of sp³-hybridized carbons (Fsp3) is 0.689. The third-order valence-corrected chi connectivity index (χ3v) is 13.9. The molecule has 1 unspecified atom stereocenters. The summed E-state index contributed by atoms with van der Waals surface area (Å²) in [7, 11) is 1.90. The molecule has 2 heterocycles. The number of benzene rings is 1. The molecule has 5 aliphatic rings. The largest absolute Gasteiger partial charge is 0.456 e. The molecule has 63 heavy (non-hydrogen) atoms. The molecule has 3 aliphatic carbocycles. The zero-order valence-electron chi connectivity index (χ0n) is 37.8. The van der Waals surface area contributed by atoms with Gasteiger partial charge in [0.05, 0.1) is 35.6 Å². The van der Waals surface area contributed by atoms with Crippen molar-refractivity contribution in [1.82, 2.24) is 15.1 Å². The second-order valence-electron chi connectivity index (χ2n) is 19.4. The number of fused-ring (bicyclic) bond motifs is 5. The van der Waals surface area contributed by atoms with Crippen LogP contribution in [-0.2, 0) is 42.8 Å². The average Bonchev–Trinajstić information content (AvgIpc) is 3.20. The molecule has 1 aromatic carbocycles. The Hall–Kier alpha value is -4.62. The number of amides is 2. The maximum atomic E-state index is 15.8. The third kappa shape index (κ3) is 8.56. The monoisotopic (exact) mass is 885 g/mol. The van der Waals surface area contributed by atoms with Crippen LogP contribution in [0.3, 0.4) is 0 Å². The number of alkyl carbamates (subject to hydrolysis) is 1. The molecule has 18 heteroatoms. The summed E-state index contributed by atoms with van der Waals surface area (Å²) in [6, 6.07) is 6.69. The standard InChI is InChI=1S/C45H63N3O15/c1-11-27(46-39(55)63-41(4,5)6)32(51)38(54)59-28-22-45(57)36(61-37(53)26-15-13-12-14-16-26)34-43(9,29(50)21-30-44(34,23-58-30)62-25(3)49)35(52)33(31(24(28)2)42(45,7)8)60-40(56)48-19-17-47(10)18-20-48/h12-16,27-30,32-34,36,50-51,57H,11,17-23H2,1-10H3,(H,46,55)/t27-,28+,29+,30-,32-,33-,34?,36+,43-,44+,45-/m1/s1. The van der Waals surface area contributed by atoms with Crippen molar-refractivity contribution in [3.63, 3.8) is 0 Å². The third-order valence-electron chi connectivity index (χ3n) is 13.9. The Morgan fingerprint density at radius 2 is 1.63 bits per heavy atom. The van der Waals surface area contributed by atoms with Crippen LogP contribution in [0, 0.1) is 16.7 Å². The lowest BCUT2D eigenvalue weighted by atomic mass is 9.44. The highest BCUT2D eigenvalue weighted by molar-refractivity contribution is 5.95. The molecule has 1 aromatic rings. The molecule has 348 valence electrons. The van der Waals surface area contributed by atoms with Gasteiger partial charge in [0.15, 0.2) is 23.6 Å². The maximum absolute atomic E-state index is 15.8. The van der Waals surface area contributed by atoms with E-state index >= 15 is 4.79 Å². The van der Waals surface area contributed by atoms with Crippen molar-refractivity contribution < 1.29 is 72.5 Å². The van der Waals surface area contributed by atoms with E-state index in [-0.39, 0.29) is 49.2 Å². The van der Waals surface area contributed by atoms with Gasteiger partial charge in [-0.05, 0) is 71.4 Å². The lowest BCUT2D eigenvalue weighted by Gasteiger charge is -2.67. The van der Waals surface area contributed by atoms with Gasteiger partial charge in [-0.15, -0.1) is 0 Å². The first-order valence-electron chi connectivity index (χ1n) is 21.6. The van der Waals surface area contributed by atoms with Crippen LogP contribution in [0.1, 0.15) is 91.9 Å². The van der Waals surface area contributed by atoms with E-state index in [0.717, 1.165) is 6.92 Å². The molecule has 11 atom stereocenters. The summed E-state index contributed by atoms with van der Waals surface area (Å²) in [5.74, 6) is -5.32. The lowest BCUT2D eigenvalue weighted by molar-refractivity contribution is -0.345. The number of ketones is 1. The quantitative estimate of drug-likeness (QED) is 0.159. The number of aliphatic hydroxyl groups excluding tert-OH is 2. The number of nitrogens with zero attached hydrogens (tertiary/aromatic N) is 2. The topological polar surface area (TPSA) is 237 Å². The summed E-state index contributed by atoms with van der Waals surface area (Å²) < 4.78 is 36.1. The number of carbonyl (C=O) groups is 6. The number of nitrogens with one attached hydrogen (secondary N) is 1. The van der Waals surface area contributed by atoms with Crippen molar-refractivity contribution in [3.8, 4) is 0 Å². The number of hydrogen-bond donors (Lipinski definition) is 4. The molecule has 0 aromatic heterocycles. The van der Waals surface area contributed by atoms with Crippen molar-refractivity contribution in [2.24, 2.45) is 16.7 Å². The summed E-state index contributed by atoms with van der Waals surface area (Å²) in [6.07, 6.45) is -12.1. The molecular formula is C45H63N3O15. The smallest absolute Gasteiger partial charge is 0.410 e. The van der Waals surface area contributed by atoms with Crippen molar-refractivity contribution in [1.29, 1.82) is 0 Å². The van der Waals surface area contributed by atoms with Crippen LogP contribution in [0.4, 0.5) is 9.59 Å². The minimum atomic E-state index is -2.39. The Balaban J connectivity index is 1.55. The SMILES string of the molecule is CC[C@@H](NC(=O)OC(C)(C)C)[C@@H](O)C(=O)O[C@H]1C[C@@]2(O)[C@@H](OC(=O)c3ccccc3)C3[C@](C)(C(=O)[C@H](OC(=O)N4CCN(C)CC4)C(=C1C)C2(C)C)[C@@H](O)C[C@H]1OC[C@@]31OC(C)=O. The van der Waals surface area contributed by atoms with Crippen LogP contribution >= 0.6 is 0 Å². The minimum absolute atomic E-state index is 0.0103. The van der Waals surface area contributed by atoms with E-state index in [4.69, 9.17) is 28.4 Å². The van der Waals surface area contributed by atoms with E-state index in [1.54, 1.807) is 66.7 Å². The highest BCUT2D eigenvalue weighted by atomic mass is 16.6. The molecule has 2 saturated heterocycles. The summed E-state index contributed by atoms with van der Waals surface area (Å²) in [4.78, 5) is 87.7. The van der Waals surface area contributed by atoms with Gasteiger partial charge in [-0.3, -0.25) is 9.59 Å². The average molecular weight is 886 g/mol. The number of piperazine rings is 1. The zero-order chi connectivity index (χ0) is 46.6. The van der Waals surface area contributed by atoms with Crippen molar-refractivity contribution in [3.05, 3.63) is 47.0 Å². The normalized spacial score (nSPS) is 33.7. The van der Waals surface area contributed by atoms with Crippen LogP contribution in [-0.4, -0.2) is 160 Å². The van der Waals surface area contributed by atoms with Gasteiger partial charge in [-0.2, -0.15) is 0 Å². The Morgan fingerprint density at radius 1 is 1.00 bits per heavy atom. The van der Waals surface area contributed by atoms with Gasteiger partial charge in [-0.25, -0.2) is 19.2 Å². The maximum Gasteiger partial charge on any atom is 0.410 e. The Kier molecular flexibility index (Phi) is 13.2. The molecule has 0 spiro atoms. The number of carbonyl (C=O) groups excluding carboxylic acids is 6. The second kappa shape index (κ2) is 17.4. The lowest BCUT2D eigenvalue weighted by Crippen LogP contribution is -2.82. The molecule has 4 N–H and O–H groups in total. The molecule has 18 nitrogen and oxygen atoms in total. The number of aliphatic hydroxyl groups is 3. The van der Waals surface area contributed by atoms with Crippen molar-refractivity contribution in [2.45, 2.75) is 141 Å². The van der Waals surface area contributed by atoms with E-state index < -0.39 is 119 Å². The predicted molar refractivity (Wildman–Crippen MR) is 222 cm³/mol. The first-order valence-corrected chi connectivity index (χ1v) is 21.6. The molecule has 6 rings (SSSR count). The highest BCUT2D eigenvalue weighted by Crippen LogP contribution is 2.64. The Labute approximate surface area is 367 Å².